The van der Waals surface area contributed by atoms with Crippen molar-refractivity contribution in [1.29, 1.82) is 0 Å². The summed E-state index contributed by atoms with van der Waals surface area (Å²) in [6.07, 6.45) is -3.10. The van der Waals surface area contributed by atoms with Crippen molar-refractivity contribution < 1.29 is 36.3 Å². The molecule has 1 aromatic carbocycles. The van der Waals surface area contributed by atoms with E-state index in [0.29, 0.717) is 6.61 Å². The summed E-state index contributed by atoms with van der Waals surface area (Å²) in [6.45, 7) is 3.55. The van der Waals surface area contributed by atoms with Crippen LogP contribution in [0.4, 0.5) is 0 Å². The van der Waals surface area contributed by atoms with E-state index in [0.717, 1.165) is 11.8 Å². The van der Waals surface area contributed by atoms with Crippen LogP contribution in [0.2, 0.25) is 0 Å². The predicted molar refractivity (Wildman–Crippen MR) is 97.6 cm³/mol. The molecule has 0 bridgehead atoms. The molecule has 1 aromatic rings. The first kappa shape index (κ1) is 21.2. The molecule has 2 aliphatic rings. The lowest BCUT2D eigenvalue weighted by Crippen LogP contribution is -2.67. The molecule has 0 saturated carbocycles. The number of carbonyl (C=O) groups excluding carboxylic acids is 1. The minimum Gasteiger partial charge on any atom is -0.351 e. The van der Waals surface area contributed by atoms with Crippen LogP contribution in [0.1, 0.15) is 25.7 Å². The summed E-state index contributed by atoms with van der Waals surface area (Å²) in [4.78, 5) is 11.7. The van der Waals surface area contributed by atoms with E-state index in [1.807, 2.05) is 30.3 Å². The van der Waals surface area contributed by atoms with Crippen molar-refractivity contribution in [3.8, 4) is 0 Å². The van der Waals surface area contributed by atoms with Crippen molar-refractivity contribution in [3.05, 3.63) is 35.9 Å². The summed E-state index contributed by atoms with van der Waals surface area (Å²) in [5.74, 6) is -0.370. The zero-order valence-electron chi connectivity index (χ0n) is 15.9. The Balaban J connectivity index is 1.91. The standard InChI is InChI=1S/C18H25NO8S/c1-4-23-18-14(19-11(2)20)16(27-28(3,21)22)15-13(25-18)10-24-17(26-15)12-8-6-5-7-9-12/h5-9,13-18H,4,10H2,1-3H3,(H,19,20)/t13-,14-,15+,16+,17+,18-/m1/s1. The van der Waals surface area contributed by atoms with Crippen LogP contribution in [-0.4, -0.2) is 64.4 Å². The van der Waals surface area contributed by atoms with Gasteiger partial charge in [0.15, 0.2) is 12.6 Å². The highest BCUT2D eigenvalue weighted by molar-refractivity contribution is 7.86. The fraction of sp³-hybridized carbons (Fsp3) is 0.611. The number of amides is 1. The Kier molecular flexibility index (Phi) is 6.69. The van der Waals surface area contributed by atoms with Crippen molar-refractivity contribution in [2.45, 2.75) is 50.8 Å². The maximum Gasteiger partial charge on any atom is 0.264 e. The van der Waals surface area contributed by atoms with Gasteiger partial charge in [0, 0.05) is 19.1 Å². The van der Waals surface area contributed by atoms with E-state index in [-0.39, 0.29) is 12.5 Å². The van der Waals surface area contributed by atoms with Crippen LogP contribution in [0, 0.1) is 0 Å². The average Bonchev–Trinajstić information content (AvgIpc) is 2.64. The number of benzene rings is 1. The van der Waals surface area contributed by atoms with Gasteiger partial charge in [0.2, 0.25) is 5.91 Å². The monoisotopic (exact) mass is 415 g/mol. The molecule has 0 radical (unpaired) electrons. The number of nitrogens with one attached hydrogen (secondary N) is 1. The molecule has 2 aliphatic heterocycles. The molecule has 0 aromatic heterocycles. The second-order valence-corrected chi connectivity index (χ2v) is 8.27. The van der Waals surface area contributed by atoms with Gasteiger partial charge in [-0.2, -0.15) is 8.42 Å². The molecular weight excluding hydrogens is 390 g/mol. The molecule has 1 N–H and O–H groups in total. The summed E-state index contributed by atoms with van der Waals surface area (Å²) in [6, 6.07) is 8.38. The highest BCUT2D eigenvalue weighted by Gasteiger charge is 2.52. The molecule has 2 saturated heterocycles. The molecule has 9 nitrogen and oxygen atoms in total. The van der Waals surface area contributed by atoms with Crippen LogP contribution >= 0.6 is 0 Å². The number of carbonyl (C=O) groups is 1. The van der Waals surface area contributed by atoms with Gasteiger partial charge in [-0.05, 0) is 6.92 Å². The molecule has 0 spiro atoms. The van der Waals surface area contributed by atoms with Crippen LogP contribution in [0.3, 0.4) is 0 Å². The van der Waals surface area contributed by atoms with Gasteiger partial charge in [0.25, 0.3) is 10.1 Å². The Morgan fingerprint density at radius 1 is 1.25 bits per heavy atom. The molecule has 1 amide bonds. The smallest absolute Gasteiger partial charge is 0.264 e. The maximum atomic E-state index is 11.9. The first-order chi connectivity index (χ1) is 13.3. The Labute approximate surface area is 164 Å². The molecule has 156 valence electrons. The minimum atomic E-state index is -3.85. The van der Waals surface area contributed by atoms with Crippen LogP contribution in [0.5, 0.6) is 0 Å². The third-order valence-electron chi connectivity index (χ3n) is 4.40. The predicted octanol–water partition coefficient (Wildman–Crippen LogP) is 0.711. The topological polar surface area (TPSA) is 109 Å². The molecule has 6 atom stereocenters. The summed E-state index contributed by atoms with van der Waals surface area (Å²) < 4.78 is 52.5. The quantitative estimate of drug-likeness (QED) is 0.677. The van der Waals surface area contributed by atoms with Crippen LogP contribution in [0.25, 0.3) is 0 Å². The summed E-state index contributed by atoms with van der Waals surface area (Å²) >= 11 is 0. The summed E-state index contributed by atoms with van der Waals surface area (Å²) in [7, 11) is -3.85. The first-order valence-corrected chi connectivity index (χ1v) is 10.8. The Morgan fingerprint density at radius 3 is 2.57 bits per heavy atom. The van der Waals surface area contributed by atoms with Crippen molar-refractivity contribution in [1.82, 2.24) is 5.32 Å². The van der Waals surface area contributed by atoms with Gasteiger partial charge >= 0.3 is 0 Å². The Bertz CT molecular complexity index is 771. The lowest BCUT2D eigenvalue weighted by Gasteiger charge is -2.48. The highest BCUT2D eigenvalue weighted by Crippen LogP contribution is 2.36. The number of rotatable bonds is 6. The lowest BCUT2D eigenvalue weighted by atomic mass is 9.95. The fourth-order valence-electron chi connectivity index (χ4n) is 3.36. The minimum absolute atomic E-state index is 0.157. The van der Waals surface area contributed by atoms with Gasteiger partial charge < -0.3 is 24.3 Å². The first-order valence-electron chi connectivity index (χ1n) is 9.03. The van der Waals surface area contributed by atoms with E-state index in [4.69, 9.17) is 23.1 Å². The number of fused-ring (bicyclic) bond motifs is 1. The maximum absolute atomic E-state index is 11.9. The number of hydrogen-bond donors (Lipinski definition) is 1. The van der Waals surface area contributed by atoms with E-state index in [1.165, 1.54) is 6.92 Å². The van der Waals surface area contributed by atoms with Gasteiger partial charge in [-0.15, -0.1) is 0 Å². The number of hydrogen-bond acceptors (Lipinski definition) is 8. The Morgan fingerprint density at radius 2 is 1.96 bits per heavy atom. The molecule has 2 fully saturated rings. The molecule has 0 unspecified atom stereocenters. The average molecular weight is 415 g/mol. The fourth-order valence-corrected chi connectivity index (χ4v) is 3.99. The van der Waals surface area contributed by atoms with Crippen LogP contribution in [-0.2, 0) is 38.0 Å². The number of ether oxygens (including phenoxy) is 4. The molecular formula is C18H25NO8S. The third kappa shape index (κ3) is 5.07. The van der Waals surface area contributed by atoms with E-state index < -0.39 is 47.1 Å². The lowest BCUT2D eigenvalue weighted by molar-refractivity contribution is -0.340. The van der Waals surface area contributed by atoms with Crippen LogP contribution in [0.15, 0.2) is 30.3 Å². The van der Waals surface area contributed by atoms with E-state index in [1.54, 1.807) is 6.92 Å². The zero-order chi connectivity index (χ0) is 20.3. The van der Waals surface area contributed by atoms with Crippen molar-refractivity contribution in [2.75, 3.05) is 19.5 Å². The van der Waals surface area contributed by atoms with Crippen molar-refractivity contribution >= 4 is 16.0 Å². The van der Waals surface area contributed by atoms with Gasteiger partial charge in [-0.3, -0.25) is 8.98 Å². The second kappa shape index (κ2) is 8.85. The van der Waals surface area contributed by atoms with Gasteiger partial charge in [-0.25, -0.2) is 0 Å². The normalized spacial score (nSPS) is 33.1. The van der Waals surface area contributed by atoms with Gasteiger partial charge in [0.05, 0.1) is 12.9 Å². The molecule has 2 heterocycles. The van der Waals surface area contributed by atoms with Gasteiger partial charge in [0.1, 0.15) is 24.4 Å². The van der Waals surface area contributed by atoms with Crippen molar-refractivity contribution in [2.24, 2.45) is 0 Å². The molecule has 3 rings (SSSR count). The van der Waals surface area contributed by atoms with E-state index in [2.05, 4.69) is 5.32 Å². The largest absolute Gasteiger partial charge is 0.351 e. The third-order valence-corrected chi connectivity index (χ3v) is 4.97. The zero-order valence-corrected chi connectivity index (χ0v) is 16.8. The van der Waals surface area contributed by atoms with Crippen LogP contribution < -0.4 is 5.32 Å². The molecule has 10 heteroatoms. The van der Waals surface area contributed by atoms with E-state index >= 15 is 0 Å². The SMILES string of the molecule is CCO[C@@H]1O[C@@H]2CO[C@H](c3ccccc3)O[C@@H]2[C@@H](OS(C)(=O)=O)[C@H]1NC(C)=O. The highest BCUT2D eigenvalue weighted by atomic mass is 32.2. The Hall–Kier alpha value is -1.56. The van der Waals surface area contributed by atoms with Gasteiger partial charge in [-0.1, -0.05) is 30.3 Å². The summed E-state index contributed by atoms with van der Waals surface area (Å²) in [5.41, 5.74) is 0.780. The molecule has 28 heavy (non-hydrogen) atoms. The second-order valence-electron chi connectivity index (χ2n) is 6.67. The van der Waals surface area contributed by atoms with Crippen molar-refractivity contribution in [3.63, 3.8) is 0 Å². The molecule has 0 aliphatic carbocycles. The van der Waals surface area contributed by atoms with E-state index in [9.17, 15) is 13.2 Å². The summed E-state index contributed by atoms with van der Waals surface area (Å²) in [5, 5.41) is 2.68.